The molecule has 1 aromatic carbocycles. The number of allylic oxidation sites excluding steroid dienone is 3. The second-order valence-corrected chi connectivity index (χ2v) is 19.7. The maximum absolute atomic E-state index is 12.2. The monoisotopic (exact) mass is 972 g/mol. The van der Waals surface area contributed by atoms with E-state index in [4.69, 9.17) is 32.8 Å². The molecule has 1 aliphatic carbocycles. The van der Waals surface area contributed by atoms with Crippen LogP contribution in [-0.2, 0) is 64.3 Å². The fraction of sp³-hybridized carbons (Fsp3) is 0.565. The number of fused-ring (bicyclic) bond motifs is 2. The molecule has 362 valence electrons. The first-order valence-corrected chi connectivity index (χ1v) is 24.6. The van der Waals surface area contributed by atoms with E-state index in [2.05, 4.69) is 4.58 Å². The summed E-state index contributed by atoms with van der Waals surface area (Å²) in [6.45, 7) is 13.8. The Hall–Kier alpha value is -3.02. The number of hydrogen-bond acceptors (Lipinski definition) is 15. The molecule has 1 aromatic rings. The number of methoxy groups -OCH3 is 2. The van der Waals surface area contributed by atoms with Gasteiger partial charge in [0.05, 0.1) is 73.9 Å². The molecule has 0 spiro atoms. The van der Waals surface area contributed by atoms with E-state index in [1.54, 1.807) is 14.2 Å². The zero-order valence-electron chi connectivity index (χ0n) is 39.4. The van der Waals surface area contributed by atoms with Gasteiger partial charge in [-0.05, 0) is 73.7 Å². The van der Waals surface area contributed by atoms with Gasteiger partial charge in [-0.15, -0.1) is 0 Å². The van der Waals surface area contributed by atoms with Crippen molar-refractivity contribution >= 4 is 38.0 Å². The molecule has 2 aliphatic heterocycles. The van der Waals surface area contributed by atoms with Gasteiger partial charge in [-0.1, -0.05) is 32.9 Å². The van der Waals surface area contributed by atoms with Gasteiger partial charge in [-0.25, -0.2) is 21.4 Å². The Balaban J connectivity index is 0.0000116. The van der Waals surface area contributed by atoms with Crippen molar-refractivity contribution in [2.45, 2.75) is 69.1 Å². The minimum absolute atomic E-state index is 0. The van der Waals surface area contributed by atoms with Crippen molar-refractivity contribution < 1.29 is 98.2 Å². The molecule has 0 amide bonds. The first-order valence-electron chi connectivity index (χ1n) is 21.7. The Labute approximate surface area is 411 Å². The summed E-state index contributed by atoms with van der Waals surface area (Å²) in [7, 11) is -6.16. The first kappa shape index (κ1) is 57.3. The molecule has 20 heteroatoms. The number of carboxylic acids is 1. The normalized spacial score (nSPS) is 16.1. The van der Waals surface area contributed by atoms with E-state index in [1.165, 1.54) is 18.2 Å². The van der Waals surface area contributed by atoms with E-state index in [-0.39, 0.29) is 61.8 Å². The van der Waals surface area contributed by atoms with Crippen LogP contribution in [0.1, 0.15) is 70.3 Å². The number of benzene rings is 2. The van der Waals surface area contributed by atoms with Gasteiger partial charge in [-0.3, -0.25) is 4.79 Å². The van der Waals surface area contributed by atoms with Crippen molar-refractivity contribution in [1.29, 1.82) is 0 Å². The summed E-state index contributed by atoms with van der Waals surface area (Å²) >= 11 is 0. The molecule has 0 saturated carbocycles. The summed E-state index contributed by atoms with van der Waals surface area (Å²) in [5.41, 5.74) is 1.86. The van der Waals surface area contributed by atoms with Gasteiger partial charge in [0.15, 0.2) is 13.1 Å². The van der Waals surface area contributed by atoms with Crippen LogP contribution in [0.2, 0.25) is 0 Å². The van der Waals surface area contributed by atoms with Gasteiger partial charge in [0.25, 0.3) is 0 Å². The van der Waals surface area contributed by atoms with Crippen LogP contribution < -0.4 is 44.4 Å². The van der Waals surface area contributed by atoms with Crippen LogP contribution in [0.15, 0.2) is 69.6 Å². The van der Waals surface area contributed by atoms with Crippen LogP contribution in [0.5, 0.6) is 0 Å². The van der Waals surface area contributed by atoms with Gasteiger partial charge in [-0.2, -0.15) is 0 Å². The summed E-state index contributed by atoms with van der Waals surface area (Å²) in [6, 6.07) is 11.9. The zero-order chi connectivity index (χ0) is 47.7. The van der Waals surface area contributed by atoms with Gasteiger partial charge in [0.2, 0.25) is 5.36 Å². The molecule has 1 atom stereocenters. The van der Waals surface area contributed by atoms with Crippen LogP contribution in [0.4, 0.5) is 5.69 Å². The summed E-state index contributed by atoms with van der Waals surface area (Å²) < 4.78 is 113. The van der Waals surface area contributed by atoms with Crippen molar-refractivity contribution in [1.82, 2.24) is 4.58 Å². The van der Waals surface area contributed by atoms with Gasteiger partial charge >= 0.3 is 35.5 Å². The molecule has 0 radical (unpaired) electrons. The fourth-order valence-electron chi connectivity index (χ4n) is 7.48. The minimum Gasteiger partial charge on any atom is -0.748 e. The molecule has 1 unspecified atom stereocenters. The van der Waals surface area contributed by atoms with Crippen LogP contribution >= 0.6 is 0 Å². The summed E-state index contributed by atoms with van der Waals surface area (Å²) in [5.74, 6) is -0.291. The summed E-state index contributed by atoms with van der Waals surface area (Å²) in [6.07, 6.45) is 5.84. The SMILES string of the molecule is COCCOCCOCC[N+](CCOCCOCCOC)=c1ccc2c(/C=C/C=C3\N(CCCS(=O)(=O)[O-])c4ccc(S(=O)(=O)[O-])cc4C3(C)CCCC(=O)O)cc(C(C)(C)C)oc-2c1.[Na+]. The van der Waals surface area contributed by atoms with Crippen molar-refractivity contribution in [3.05, 3.63) is 82.6 Å². The average molecular weight is 973 g/mol. The largest absolute Gasteiger partial charge is 1.00 e. The fourth-order valence-corrected chi connectivity index (χ4v) is 8.46. The molecule has 2 heterocycles. The van der Waals surface area contributed by atoms with E-state index in [0.29, 0.717) is 108 Å². The Morgan fingerprint density at radius 3 is 1.97 bits per heavy atom. The minimum atomic E-state index is -4.86. The molecular weight excluding hydrogens is 908 g/mol. The molecule has 0 fully saturated rings. The standard InChI is InChI=1S/C46H66N2O15S2.Na/c1-45(2,3)43-32-35(38-15-13-36(33-41(38)63-43)47(19-21-59-27-29-61-25-23-57-5)20-22-60-28-30-62-26-24-58-6)10-7-11-42-46(4,17-8-12-44(49)50)39-34-37(65(54,55)56)14-16-40(39)48(42)18-9-31-64(51,52)53;/h7,10-11,13-16,32-34H,8-9,12,17-31H2,1-6H3,(H2-,49,50,51,52,53,54,55,56);/q;+1/p-1. The zero-order valence-corrected chi connectivity index (χ0v) is 43.0. The predicted octanol–water partition coefficient (Wildman–Crippen LogP) is 1.59. The quantitative estimate of drug-likeness (QED) is 0.0451. The number of hydrogen-bond donors (Lipinski definition) is 1. The van der Waals surface area contributed by atoms with E-state index >= 15 is 0 Å². The number of rotatable bonds is 29. The van der Waals surface area contributed by atoms with Crippen LogP contribution in [-0.4, -0.2) is 143 Å². The van der Waals surface area contributed by atoms with E-state index in [9.17, 15) is 35.8 Å². The van der Waals surface area contributed by atoms with E-state index in [0.717, 1.165) is 16.5 Å². The van der Waals surface area contributed by atoms with Gasteiger partial charge in [0, 0.05) is 66.8 Å². The van der Waals surface area contributed by atoms with Crippen LogP contribution in [0.25, 0.3) is 17.4 Å². The molecule has 66 heavy (non-hydrogen) atoms. The number of aliphatic carboxylic acids is 1. The van der Waals surface area contributed by atoms with Crippen LogP contribution in [0, 0.1) is 0 Å². The first-order chi connectivity index (χ1) is 30.8. The Kier molecular flexibility index (Phi) is 23.7. The summed E-state index contributed by atoms with van der Waals surface area (Å²) in [4.78, 5) is 13.0. The van der Waals surface area contributed by atoms with Crippen molar-refractivity contribution in [2.75, 3.05) is 111 Å². The molecule has 0 aromatic heterocycles. The third kappa shape index (κ3) is 17.8. The number of anilines is 1. The van der Waals surface area contributed by atoms with Crippen LogP contribution in [0.3, 0.4) is 0 Å². The number of nitrogens with zero attached hydrogens (tertiary/aromatic N) is 2. The third-order valence-corrected chi connectivity index (χ3v) is 12.5. The molecule has 0 saturated heterocycles. The number of carbonyl (C=O) groups is 1. The number of ether oxygens (including phenoxy) is 6. The molecule has 0 bridgehead atoms. The summed E-state index contributed by atoms with van der Waals surface area (Å²) in [5, 5.41) is 10.4. The molecule has 17 nitrogen and oxygen atoms in total. The van der Waals surface area contributed by atoms with Crippen molar-refractivity contribution in [2.24, 2.45) is 0 Å². The van der Waals surface area contributed by atoms with E-state index < -0.39 is 47.7 Å². The molecular formula is C46H65N2NaO15S2. The maximum Gasteiger partial charge on any atom is 1.00 e. The van der Waals surface area contributed by atoms with Crippen molar-refractivity contribution in [3.8, 4) is 11.3 Å². The Morgan fingerprint density at radius 2 is 1.42 bits per heavy atom. The average Bonchev–Trinajstić information content (AvgIpc) is 3.46. The topological polar surface area (TPSA) is 226 Å². The third-order valence-electron chi connectivity index (χ3n) is 10.9. The second-order valence-electron chi connectivity index (χ2n) is 16.8. The van der Waals surface area contributed by atoms with E-state index in [1.807, 2.05) is 75.1 Å². The second kappa shape index (κ2) is 27.2. The molecule has 3 aliphatic rings. The molecule has 1 N–H and O–H groups in total. The Bertz CT molecular complexity index is 2320. The Morgan fingerprint density at radius 1 is 0.833 bits per heavy atom. The number of carboxylic acid groups (broad SMARTS) is 1. The smallest absolute Gasteiger partial charge is 0.748 e. The molecule has 4 rings (SSSR count). The van der Waals surface area contributed by atoms with Gasteiger partial charge in [0.1, 0.15) is 34.9 Å². The van der Waals surface area contributed by atoms with Gasteiger partial charge < -0.3 is 52.0 Å². The maximum atomic E-state index is 12.2. The van der Waals surface area contributed by atoms with Crippen molar-refractivity contribution in [3.63, 3.8) is 0 Å². The predicted molar refractivity (Wildman–Crippen MR) is 243 cm³/mol.